The van der Waals surface area contributed by atoms with Crippen molar-refractivity contribution in [2.45, 2.75) is 26.7 Å². The number of aromatic carboxylic acids is 1. The van der Waals surface area contributed by atoms with Crippen LogP contribution in [0.1, 0.15) is 44.7 Å². The van der Waals surface area contributed by atoms with Crippen LogP contribution in [0.15, 0.2) is 94.2 Å². The third kappa shape index (κ3) is 11.6. The largest absolute Gasteiger partial charge is 0.478 e. The van der Waals surface area contributed by atoms with Crippen molar-refractivity contribution < 1.29 is 33.0 Å². The second-order valence-corrected chi connectivity index (χ2v) is 14.1. The molecule has 6 aromatic rings. The highest BCUT2D eigenvalue weighted by Crippen LogP contribution is 2.27. The first-order valence-corrected chi connectivity index (χ1v) is 19.5. The number of carbonyl (C=O) groups excluding carboxylic acids is 1. The summed E-state index contributed by atoms with van der Waals surface area (Å²) in [5, 5.41) is 13.9. The summed E-state index contributed by atoms with van der Waals surface area (Å²) < 4.78 is 21.3. The number of benzene rings is 2. The first-order valence-electron chi connectivity index (χ1n) is 19.5. The Morgan fingerprint density at radius 3 is 1.67 bits per heavy atom. The van der Waals surface area contributed by atoms with Gasteiger partial charge >= 0.3 is 5.97 Å². The Balaban J connectivity index is 0.000000162. The van der Waals surface area contributed by atoms with Crippen LogP contribution in [-0.4, -0.2) is 116 Å². The molecule has 300 valence electrons. The van der Waals surface area contributed by atoms with Crippen molar-refractivity contribution in [3.63, 3.8) is 0 Å². The van der Waals surface area contributed by atoms with E-state index in [0.717, 1.165) is 107 Å². The van der Waals surface area contributed by atoms with Crippen molar-refractivity contribution in [1.82, 2.24) is 25.1 Å². The van der Waals surface area contributed by atoms with E-state index in [9.17, 15) is 14.7 Å². The number of nitrogens with zero attached hydrogens (tertiary/aromatic N) is 4. The number of hydrogen-bond donors (Lipinski definition) is 3. The highest BCUT2D eigenvalue weighted by molar-refractivity contribution is 6.07. The summed E-state index contributed by atoms with van der Waals surface area (Å²) in [6.45, 7) is 15.0. The highest BCUT2D eigenvalue weighted by Gasteiger charge is 2.17. The number of furan rings is 2. The predicted molar refractivity (Wildman–Crippen MR) is 220 cm³/mol. The van der Waals surface area contributed by atoms with Crippen LogP contribution in [0.4, 0.5) is 0 Å². The summed E-state index contributed by atoms with van der Waals surface area (Å²) in [6.07, 6.45) is 5.18. The molecule has 2 fully saturated rings. The maximum absolute atomic E-state index is 12.9. The minimum atomic E-state index is -0.967. The zero-order chi connectivity index (χ0) is 40.0. The Morgan fingerprint density at radius 1 is 0.702 bits per heavy atom. The number of ether oxygens (including phenoxy) is 2. The third-order valence-electron chi connectivity index (χ3n) is 9.77. The molecule has 0 bridgehead atoms. The molecule has 2 aliphatic rings. The van der Waals surface area contributed by atoms with Crippen molar-refractivity contribution in [3.05, 3.63) is 108 Å². The molecule has 2 aliphatic heterocycles. The summed E-state index contributed by atoms with van der Waals surface area (Å²) in [5.74, 6) is 0.174. The van der Waals surface area contributed by atoms with Gasteiger partial charge in [0, 0.05) is 43.5 Å². The van der Waals surface area contributed by atoms with Gasteiger partial charge in [0.2, 0.25) is 0 Å². The summed E-state index contributed by atoms with van der Waals surface area (Å²) in [5.41, 5.74) is 11.0. The van der Waals surface area contributed by atoms with Crippen LogP contribution in [0.25, 0.3) is 44.7 Å². The number of carboxylic acid groups (broad SMARTS) is 1. The number of carboxylic acids is 1. The van der Waals surface area contributed by atoms with Crippen LogP contribution < -0.4 is 11.1 Å². The summed E-state index contributed by atoms with van der Waals surface area (Å²) in [6, 6.07) is 22.1. The molecule has 13 heteroatoms. The van der Waals surface area contributed by atoms with Gasteiger partial charge in [0.25, 0.3) is 5.91 Å². The molecule has 0 spiro atoms. The molecule has 0 unspecified atom stereocenters. The summed E-state index contributed by atoms with van der Waals surface area (Å²) >= 11 is 0. The van der Waals surface area contributed by atoms with Crippen molar-refractivity contribution in [2.24, 2.45) is 5.73 Å². The van der Waals surface area contributed by atoms with Gasteiger partial charge in [-0.1, -0.05) is 23.3 Å². The number of amides is 1. The van der Waals surface area contributed by atoms with Gasteiger partial charge in [-0.25, -0.2) is 14.8 Å². The molecule has 8 rings (SSSR count). The average molecular weight is 777 g/mol. The standard InChI is InChI=1S/C22H25N3O3.C15H11NO3.C7H16N2O/c1-16-5-6-19-17(14-16)18(15-20(24-19)21-4-2-11-28-21)22(26)23-7-3-8-25-9-12-27-13-10-25;1-9-4-5-12-10(7-9)11(15(17)18)8-13(16-12)14-3-2-6-19-14;8-2-1-3-9-4-6-10-7-5-9/h2,4-6,11,14-15H,3,7-10,12-13H2,1H3,(H,23,26);2-8H,1H3,(H,17,18);1-8H2. The van der Waals surface area contributed by atoms with Crippen molar-refractivity contribution in [3.8, 4) is 22.9 Å². The molecular weight excluding hydrogens is 725 g/mol. The van der Waals surface area contributed by atoms with Crippen LogP contribution in [0.2, 0.25) is 0 Å². The van der Waals surface area contributed by atoms with E-state index < -0.39 is 5.97 Å². The summed E-state index contributed by atoms with van der Waals surface area (Å²) in [7, 11) is 0. The zero-order valence-electron chi connectivity index (χ0n) is 32.7. The topological polar surface area (TPSA) is 169 Å². The lowest BCUT2D eigenvalue weighted by Crippen LogP contribution is -2.38. The number of rotatable bonds is 11. The van der Waals surface area contributed by atoms with Gasteiger partial charge in [-0.2, -0.15) is 0 Å². The lowest BCUT2D eigenvalue weighted by molar-refractivity contribution is 0.0374. The molecule has 0 saturated carbocycles. The molecule has 4 N–H and O–H groups in total. The monoisotopic (exact) mass is 776 g/mol. The number of carbonyl (C=O) groups is 2. The van der Waals surface area contributed by atoms with Crippen LogP contribution in [-0.2, 0) is 9.47 Å². The van der Waals surface area contributed by atoms with Crippen molar-refractivity contribution in [1.29, 1.82) is 0 Å². The van der Waals surface area contributed by atoms with E-state index >= 15 is 0 Å². The molecule has 0 aliphatic carbocycles. The number of aryl methyl sites for hydroxylation is 2. The second-order valence-electron chi connectivity index (χ2n) is 14.1. The molecule has 4 aromatic heterocycles. The summed E-state index contributed by atoms with van der Waals surface area (Å²) in [4.78, 5) is 38.2. The molecule has 57 heavy (non-hydrogen) atoms. The number of morpholine rings is 2. The van der Waals surface area contributed by atoms with Crippen molar-refractivity contribution >= 4 is 33.7 Å². The molecule has 13 nitrogen and oxygen atoms in total. The number of fused-ring (bicyclic) bond motifs is 2. The van der Waals surface area contributed by atoms with Crippen LogP contribution in [0, 0.1) is 13.8 Å². The zero-order valence-corrected chi connectivity index (χ0v) is 32.7. The van der Waals surface area contributed by atoms with Gasteiger partial charge in [0.15, 0.2) is 11.5 Å². The van der Waals surface area contributed by atoms with Crippen LogP contribution in [0.3, 0.4) is 0 Å². The molecule has 0 atom stereocenters. The van der Waals surface area contributed by atoms with E-state index in [0.29, 0.717) is 45.9 Å². The van der Waals surface area contributed by atoms with E-state index in [2.05, 4.69) is 25.1 Å². The molecule has 6 heterocycles. The predicted octanol–water partition coefficient (Wildman–Crippen LogP) is 6.42. The Labute approximate surface area is 332 Å². The normalized spacial score (nSPS) is 14.7. The first-order chi connectivity index (χ1) is 27.8. The maximum Gasteiger partial charge on any atom is 0.336 e. The third-order valence-corrected chi connectivity index (χ3v) is 9.77. The average Bonchev–Trinajstić information content (AvgIpc) is 3.99. The van der Waals surface area contributed by atoms with E-state index in [4.69, 9.17) is 24.0 Å². The van der Waals surface area contributed by atoms with Gasteiger partial charge in [0.05, 0.1) is 61.1 Å². The second kappa shape index (κ2) is 20.6. The highest BCUT2D eigenvalue weighted by atomic mass is 16.5. The van der Waals surface area contributed by atoms with E-state index in [1.165, 1.54) is 6.26 Å². The van der Waals surface area contributed by atoms with Gasteiger partial charge in [0.1, 0.15) is 11.4 Å². The van der Waals surface area contributed by atoms with Gasteiger partial charge in [-0.15, -0.1) is 0 Å². The van der Waals surface area contributed by atoms with E-state index in [1.54, 1.807) is 24.5 Å². The van der Waals surface area contributed by atoms with Crippen molar-refractivity contribution in [2.75, 3.05) is 78.8 Å². The number of hydrogen-bond acceptors (Lipinski definition) is 11. The molecule has 0 radical (unpaired) electrons. The minimum absolute atomic E-state index is 0.0761. The SMILES string of the molecule is Cc1ccc2nc(-c3ccco3)cc(C(=O)NCCCN3CCOCC3)c2c1.Cc1ccc2nc(-c3ccco3)cc(C(=O)O)c2c1.NCCCN1CCOCC1. The smallest absolute Gasteiger partial charge is 0.336 e. The van der Waals surface area contributed by atoms with Crippen LogP contribution in [0.5, 0.6) is 0 Å². The fourth-order valence-electron chi connectivity index (χ4n) is 6.71. The number of nitrogens with two attached hydrogens (primary N) is 1. The molecular formula is C44H52N6O7. The Morgan fingerprint density at radius 2 is 1.19 bits per heavy atom. The Hall–Kier alpha value is -5.44. The maximum atomic E-state index is 12.9. The number of nitrogens with one attached hydrogen (secondary N) is 1. The Bertz CT molecular complexity index is 2190. The lowest BCUT2D eigenvalue weighted by Gasteiger charge is -2.26. The van der Waals surface area contributed by atoms with Gasteiger partial charge < -0.3 is 34.5 Å². The molecule has 2 aromatic carbocycles. The Kier molecular flexibility index (Phi) is 14.9. The fraction of sp³-hybridized carbons (Fsp3) is 0.364. The van der Waals surface area contributed by atoms with Crippen LogP contribution >= 0.6 is 0 Å². The number of pyridine rings is 2. The van der Waals surface area contributed by atoms with E-state index in [-0.39, 0.29) is 11.5 Å². The number of aromatic nitrogens is 2. The quantitative estimate of drug-likeness (QED) is 0.124. The molecule has 1 amide bonds. The van der Waals surface area contributed by atoms with Gasteiger partial charge in [-0.05, 0) is 107 Å². The molecule has 2 saturated heterocycles. The van der Waals surface area contributed by atoms with E-state index in [1.807, 2.05) is 68.4 Å². The lowest BCUT2D eigenvalue weighted by atomic mass is 10.0. The van der Waals surface area contributed by atoms with Gasteiger partial charge in [-0.3, -0.25) is 14.6 Å². The minimum Gasteiger partial charge on any atom is -0.478 e. The first kappa shape index (κ1) is 41.2. The fourth-order valence-corrected chi connectivity index (χ4v) is 6.71.